The van der Waals surface area contributed by atoms with Gasteiger partial charge in [-0.15, -0.1) is 11.3 Å². The van der Waals surface area contributed by atoms with E-state index in [-0.39, 0.29) is 0 Å². The number of H-pyrrole nitrogens is 1. The van der Waals surface area contributed by atoms with Crippen molar-refractivity contribution in [3.05, 3.63) is 40.7 Å². The number of anilines is 1. The molecule has 3 heterocycles. The molecule has 0 spiro atoms. The van der Waals surface area contributed by atoms with E-state index in [2.05, 4.69) is 44.8 Å². The van der Waals surface area contributed by atoms with Crippen LogP contribution in [0.2, 0.25) is 0 Å². The lowest BCUT2D eigenvalue weighted by Crippen LogP contribution is -2.30. The minimum Gasteiger partial charge on any atom is -0.358 e. The van der Waals surface area contributed by atoms with Gasteiger partial charge in [0.1, 0.15) is 10.3 Å². The van der Waals surface area contributed by atoms with Gasteiger partial charge in [-0.2, -0.15) is 5.26 Å². The van der Waals surface area contributed by atoms with E-state index < -0.39 is 0 Å². The molecule has 0 amide bonds. The summed E-state index contributed by atoms with van der Waals surface area (Å²) in [6.07, 6.45) is 6.22. The molecule has 26 heavy (non-hydrogen) atoms. The first-order chi connectivity index (χ1) is 12.7. The van der Waals surface area contributed by atoms with Crippen molar-refractivity contribution < 1.29 is 0 Å². The minimum atomic E-state index is 0.556. The molecule has 2 aromatic heterocycles. The summed E-state index contributed by atoms with van der Waals surface area (Å²) < 4.78 is 4.59. The highest BCUT2D eigenvalue weighted by molar-refractivity contribution is 8.02. The molecule has 3 aromatic rings. The first-order valence-corrected chi connectivity index (χ1v) is 10.4. The number of likely N-dealkylation sites (tertiary alicyclic amines) is 1. The topological polar surface area (TPSA) is 67.7 Å². The van der Waals surface area contributed by atoms with Crippen LogP contribution in [0.25, 0.3) is 10.9 Å². The number of nitrogens with zero attached hydrogens (tertiary/aromatic N) is 3. The summed E-state index contributed by atoms with van der Waals surface area (Å²) in [5, 5.41) is 11.5. The lowest BCUT2D eigenvalue weighted by atomic mass is 9.99. The fraction of sp³-hybridized carbons (Fsp3) is 0.368. The number of thiazole rings is 1. The minimum absolute atomic E-state index is 0.556. The van der Waals surface area contributed by atoms with Crippen molar-refractivity contribution in [2.45, 2.75) is 29.9 Å². The molecular formula is C19H21N5S2. The number of aromatic amines is 1. The van der Waals surface area contributed by atoms with E-state index in [1.165, 1.54) is 24.4 Å². The standard InChI is InChI=1S/C19H21N5S2/c1-12-5-6-15(18-17(12)14(8-20)9-21-18)23-26-16-10-22-19(25-16)13-4-3-7-24(2)11-13/h5-6,9-10,13,21,23H,3-4,7,11H2,1-2H3. The summed E-state index contributed by atoms with van der Waals surface area (Å²) in [7, 11) is 2.19. The molecule has 1 unspecified atom stereocenters. The molecule has 0 radical (unpaired) electrons. The van der Waals surface area contributed by atoms with Crippen molar-refractivity contribution in [3.63, 3.8) is 0 Å². The molecule has 7 heteroatoms. The Kier molecular flexibility index (Phi) is 4.90. The van der Waals surface area contributed by atoms with Crippen LogP contribution in [0.3, 0.4) is 0 Å². The van der Waals surface area contributed by atoms with E-state index in [1.807, 2.05) is 13.1 Å². The average molecular weight is 384 g/mol. The number of aryl methyl sites for hydroxylation is 1. The van der Waals surface area contributed by atoms with E-state index in [1.54, 1.807) is 29.5 Å². The van der Waals surface area contributed by atoms with Gasteiger partial charge in [0.2, 0.25) is 0 Å². The first kappa shape index (κ1) is 17.4. The quantitative estimate of drug-likeness (QED) is 0.637. The number of hydrogen-bond donors (Lipinski definition) is 2. The highest BCUT2D eigenvalue weighted by Gasteiger charge is 2.21. The number of benzene rings is 1. The Morgan fingerprint density at radius 1 is 1.46 bits per heavy atom. The highest BCUT2D eigenvalue weighted by atomic mass is 32.2. The number of hydrogen-bond acceptors (Lipinski definition) is 6. The number of likely N-dealkylation sites (N-methyl/N-ethyl adjacent to an activating group) is 1. The maximum Gasteiger partial charge on any atom is 0.101 e. The predicted molar refractivity (Wildman–Crippen MR) is 109 cm³/mol. The van der Waals surface area contributed by atoms with Crippen LogP contribution >= 0.6 is 23.3 Å². The Morgan fingerprint density at radius 2 is 2.35 bits per heavy atom. The van der Waals surface area contributed by atoms with Gasteiger partial charge in [0.25, 0.3) is 0 Å². The maximum atomic E-state index is 9.29. The molecule has 1 saturated heterocycles. The van der Waals surface area contributed by atoms with Crippen LogP contribution < -0.4 is 4.72 Å². The molecule has 5 nitrogen and oxygen atoms in total. The Balaban J connectivity index is 1.50. The number of aromatic nitrogens is 2. The summed E-state index contributed by atoms with van der Waals surface area (Å²) >= 11 is 3.37. The fourth-order valence-electron chi connectivity index (χ4n) is 3.57. The fourth-order valence-corrected chi connectivity index (χ4v) is 5.38. The highest BCUT2D eigenvalue weighted by Crippen LogP contribution is 2.35. The summed E-state index contributed by atoms with van der Waals surface area (Å²) in [6, 6.07) is 6.36. The molecule has 134 valence electrons. The van der Waals surface area contributed by atoms with Gasteiger partial charge < -0.3 is 14.6 Å². The number of piperidine rings is 1. The first-order valence-electron chi connectivity index (χ1n) is 8.73. The van der Waals surface area contributed by atoms with Crippen molar-refractivity contribution in [2.75, 3.05) is 24.9 Å². The monoisotopic (exact) mass is 383 g/mol. The average Bonchev–Trinajstić information content (AvgIpc) is 3.29. The van der Waals surface area contributed by atoms with E-state index in [0.717, 1.165) is 32.9 Å². The van der Waals surface area contributed by atoms with Gasteiger partial charge in [-0.1, -0.05) is 6.07 Å². The molecule has 1 aromatic carbocycles. The number of nitriles is 1. The van der Waals surface area contributed by atoms with Crippen LogP contribution in [-0.2, 0) is 0 Å². The Labute approximate surface area is 161 Å². The second-order valence-corrected chi connectivity index (χ2v) is 8.99. The summed E-state index contributed by atoms with van der Waals surface area (Å²) in [4.78, 5) is 10.3. The van der Waals surface area contributed by atoms with Gasteiger partial charge in [0, 0.05) is 24.0 Å². The SMILES string of the molecule is Cc1ccc(NSc2cnc(C3CCCN(C)C3)s2)c2[nH]cc(C#N)c12. The lowest BCUT2D eigenvalue weighted by Gasteiger charge is -2.28. The third-order valence-electron chi connectivity index (χ3n) is 4.90. The van der Waals surface area contributed by atoms with E-state index in [9.17, 15) is 5.26 Å². The van der Waals surface area contributed by atoms with Gasteiger partial charge in [0.15, 0.2) is 0 Å². The number of nitrogens with one attached hydrogen (secondary N) is 2. The van der Waals surface area contributed by atoms with Crippen molar-refractivity contribution in [2.24, 2.45) is 0 Å². The van der Waals surface area contributed by atoms with Crippen LogP contribution in [0, 0.1) is 18.3 Å². The molecule has 1 fully saturated rings. The van der Waals surface area contributed by atoms with E-state index in [4.69, 9.17) is 0 Å². The van der Waals surface area contributed by atoms with Crippen LogP contribution in [0.1, 0.15) is 34.9 Å². The molecule has 0 aliphatic carbocycles. The van der Waals surface area contributed by atoms with Gasteiger partial charge in [-0.3, -0.25) is 0 Å². The molecule has 1 atom stereocenters. The Hall–Kier alpha value is -2.01. The molecular weight excluding hydrogens is 362 g/mol. The van der Waals surface area contributed by atoms with Crippen molar-refractivity contribution >= 4 is 39.9 Å². The third kappa shape index (κ3) is 3.32. The van der Waals surface area contributed by atoms with Gasteiger partial charge in [-0.25, -0.2) is 4.98 Å². The van der Waals surface area contributed by atoms with E-state index >= 15 is 0 Å². The normalized spacial score (nSPS) is 18.1. The van der Waals surface area contributed by atoms with Gasteiger partial charge in [-0.05, 0) is 56.9 Å². The Morgan fingerprint density at radius 3 is 3.15 bits per heavy atom. The summed E-state index contributed by atoms with van der Waals surface area (Å²) in [6.45, 7) is 4.32. The number of fused-ring (bicyclic) bond motifs is 1. The predicted octanol–water partition coefficient (Wildman–Crippen LogP) is 4.73. The van der Waals surface area contributed by atoms with Crippen molar-refractivity contribution in [1.29, 1.82) is 5.26 Å². The van der Waals surface area contributed by atoms with Crippen LogP contribution in [0.15, 0.2) is 28.7 Å². The molecule has 0 bridgehead atoms. The van der Waals surface area contributed by atoms with Crippen LogP contribution in [0.5, 0.6) is 0 Å². The molecule has 2 N–H and O–H groups in total. The smallest absolute Gasteiger partial charge is 0.101 e. The zero-order chi connectivity index (χ0) is 18.1. The Bertz CT molecular complexity index is 968. The van der Waals surface area contributed by atoms with Crippen LogP contribution in [-0.4, -0.2) is 35.0 Å². The second-order valence-electron chi connectivity index (χ2n) is 6.82. The number of rotatable bonds is 4. The van der Waals surface area contributed by atoms with Crippen molar-refractivity contribution in [1.82, 2.24) is 14.9 Å². The third-order valence-corrected chi connectivity index (χ3v) is 6.99. The second kappa shape index (κ2) is 7.31. The van der Waals surface area contributed by atoms with Gasteiger partial charge in [0.05, 0.1) is 28.0 Å². The van der Waals surface area contributed by atoms with Crippen molar-refractivity contribution in [3.8, 4) is 6.07 Å². The van der Waals surface area contributed by atoms with Crippen LogP contribution in [0.4, 0.5) is 5.69 Å². The zero-order valence-corrected chi connectivity index (χ0v) is 16.5. The molecule has 0 saturated carbocycles. The zero-order valence-electron chi connectivity index (χ0n) is 14.9. The molecule has 4 rings (SSSR count). The van der Waals surface area contributed by atoms with Gasteiger partial charge >= 0.3 is 0 Å². The lowest BCUT2D eigenvalue weighted by molar-refractivity contribution is 0.250. The molecule has 1 aliphatic heterocycles. The summed E-state index contributed by atoms with van der Waals surface area (Å²) in [5.74, 6) is 0.556. The molecule has 1 aliphatic rings. The summed E-state index contributed by atoms with van der Waals surface area (Å²) in [5.41, 5.74) is 3.76. The maximum absolute atomic E-state index is 9.29. The largest absolute Gasteiger partial charge is 0.358 e. The van der Waals surface area contributed by atoms with E-state index in [0.29, 0.717) is 11.5 Å².